The summed E-state index contributed by atoms with van der Waals surface area (Å²) in [5, 5.41) is 4.58. The number of hydrogen-bond donors (Lipinski definition) is 1. The molecule has 1 saturated carbocycles. The molecule has 1 heterocycles. The minimum absolute atomic E-state index is 0.348. The lowest BCUT2D eigenvalue weighted by molar-refractivity contribution is 0.00619. The van der Waals surface area contributed by atoms with E-state index in [1.165, 1.54) is 37.7 Å². The van der Waals surface area contributed by atoms with Gasteiger partial charge in [-0.3, -0.25) is 4.90 Å². The molecule has 0 amide bonds. The number of halogens is 2. The van der Waals surface area contributed by atoms with Crippen molar-refractivity contribution >= 4 is 27.5 Å². The zero-order valence-electron chi connectivity index (χ0n) is 12.7. The van der Waals surface area contributed by atoms with E-state index in [1.54, 1.807) is 0 Å². The first-order valence-electron chi connectivity index (χ1n) is 8.01. The molecule has 1 aliphatic heterocycles. The number of hydrogen-bond acceptors (Lipinski definition) is 2. The number of piperazine rings is 1. The van der Waals surface area contributed by atoms with Crippen molar-refractivity contribution in [2.75, 3.05) is 13.1 Å². The van der Waals surface area contributed by atoms with Crippen LogP contribution in [-0.2, 0) is 6.54 Å². The standard InChI is InChI=1S/C17H24BrClN2/c1-13-10-21(11-14-5-6-15(18)9-16(14)19)17(12-20-13)7-3-2-4-8-17/h5-6,9,13,20H,2-4,7-8,10-12H2,1H3. The Kier molecular flexibility index (Phi) is 4.94. The van der Waals surface area contributed by atoms with Crippen LogP contribution in [0.5, 0.6) is 0 Å². The van der Waals surface area contributed by atoms with Crippen LogP contribution >= 0.6 is 27.5 Å². The smallest absolute Gasteiger partial charge is 0.0462 e. The molecule has 1 atom stereocenters. The average Bonchev–Trinajstić information content (AvgIpc) is 2.47. The zero-order chi connectivity index (χ0) is 14.9. The Morgan fingerprint density at radius 2 is 2.10 bits per heavy atom. The lowest BCUT2D eigenvalue weighted by Gasteiger charge is -2.51. The highest BCUT2D eigenvalue weighted by molar-refractivity contribution is 9.10. The quantitative estimate of drug-likeness (QED) is 0.817. The van der Waals surface area contributed by atoms with Gasteiger partial charge in [-0.25, -0.2) is 0 Å². The van der Waals surface area contributed by atoms with Crippen molar-refractivity contribution in [1.82, 2.24) is 10.2 Å². The molecule has 1 aromatic rings. The van der Waals surface area contributed by atoms with Gasteiger partial charge in [-0.1, -0.05) is 52.9 Å². The fourth-order valence-electron chi connectivity index (χ4n) is 3.86. The third kappa shape index (κ3) is 3.47. The molecule has 116 valence electrons. The molecule has 1 N–H and O–H groups in total. The first kappa shape index (κ1) is 15.8. The molecule has 2 nitrogen and oxygen atoms in total. The number of benzene rings is 1. The summed E-state index contributed by atoms with van der Waals surface area (Å²) in [6.45, 7) is 5.50. The third-order valence-electron chi connectivity index (χ3n) is 5.11. The number of nitrogens with zero attached hydrogens (tertiary/aromatic N) is 1. The summed E-state index contributed by atoms with van der Waals surface area (Å²) in [6.07, 6.45) is 6.76. The van der Waals surface area contributed by atoms with Gasteiger partial charge in [0.1, 0.15) is 0 Å². The van der Waals surface area contributed by atoms with E-state index in [1.807, 2.05) is 6.07 Å². The summed E-state index contributed by atoms with van der Waals surface area (Å²) in [5.74, 6) is 0. The van der Waals surface area contributed by atoms with Crippen LogP contribution in [0.4, 0.5) is 0 Å². The second-order valence-electron chi connectivity index (χ2n) is 6.68. The molecule has 1 aromatic carbocycles. The van der Waals surface area contributed by atoms with Crippen molar-refractivity contribution < 1.29 is 0 Å². The van der Waals surface area contributed by atoms with Crippen molar-refractivity contribution in [2.24, 2.45) is 0 Å². The summed E-state index contributed by atoms with van der Waals surface area (Å²) in [4.78, 5) is 2.70. The van der Waals surface area contributed by atoms with Gasteiger partial charge in [0.15, 0.2) is 0 Å². The predicted molar refractivity (Wildman–Crippen MR) is 92.8 cm³/mol. The van der Waals surface area contributed by atoms with Crippen LogP contribution < -0.4 is 5.32 Å². The molecule has 21 heavy (non-hydrogen) atoms. The third-order valence-corrected chi connectivity index (χ3v) is 5.95. The molecular formula is C17H24BrClN2. The largest absolute Gasteiger partial charge is 0.311 e. The Morgan fingerprint density at radius 1 is 1.33 bits per heavy atom. The van der Waals surface area contributed by atoms with E-state index in [2.05, 4.69) is 45.2 Å². The van der Waals surface area contributed by atoms with Gasteiger partial charge in [0.2, 0.25) is 0 Å². The van der Waals surface area contributed by atoms with Gasteiger partial charge < -0.3 is 5.32 Å². The Labute approximate surface area is 141 Å². The molecule has 0 bridgehead atoms. The Bertz CT molecular complexity index is 500. The van der Waals surface area contributed by atoms with Crippen LogP contribution in [0.25, 0.3) is 0 Å². The summed E-state index contributed by atoms with van der Waals surface area (Å²) in [7, 11) is 0. The molecule has 0 aromatic heterocycles. The van der Waals surface area contributed by atoms with E-state index in [0.29, 0.717) is 11.6 Å². The fraction of sp³-hybridized carbons (Fsp3) is 0.647. The van der Waals surface area contributed by atoms with Crippen molar-refractivity contribution in [1.29, 1.82) is 0 Å². The lowest BCUT2D eigenvalue weighted by Crippen LogP contribution is -2.64. The number of rotatable bonds is 2. The second-order valence-corrected chi connectivity index (χ2v) is 8.01. The summed E-state index contributed by atoms with van der Waals surface area (Å²) < 4.78 is 1.05. The minimum Gasteiger partial charge on any atom is -0.311 e. The topological polar surface area (TPSA) is 15.3 Å². The van der Waals surface area contributed by atoms with Gasteiger partial charge in [0.25, 0.3) is 0 Å². The van der Waals surface area contributed by atoms with E-state index < -0.39 is 0 Å². The second kappa shape index (κ2) is 6.57. The maximum atomic E-state index is 6.44. The van der Waals surface area contributed by atoms with Crippen molar-refractivity contribution in [2.45, 2.75) is 57.2 Å². The first-order chi connectivity index (χ1) is 10.1. The molecule has 1 saturated heterocycles. The predicted octanol–water partition coefficient (Wildman–Crippen LogP) is 4.60. The van der Waals surface area contributed by atoms with Crippen LogP contribution in [0, 0.1) is 0 Å². The maximum absolute atomic E-state index is 6.44. The van der Waals surface area contributed by atoms with Crippen molar-refractivity contribution in [3.63, 3.8) is 0 Å². The maximum Gasteiger partial charge on any atom is 0.0462 e. The van der Waals surface area contributed by atoms with Crippen LogP contribution in [0.2, 0.25) is 5.02 Å². The molecule has 3 rings (SSSR count). The lowest BCUT2D eigenvalue weighted by atomic mass is 9.78. The molecule has 2 fully saturated rings. The molecule has 1 spiro atoms. The van der Waals surface area contributed by atoms with Gasteiger partial charge >= 0.3 is 0 Å². The van der Waals surface area contributed by atoms with E-state index in [-0.39, 0.29) is 0 Å². The van der Waals surface area contributed by atoms with Gasteiger partial charge in [-0.15, -0.1) is 0 Å². The molecule has 4 heteroatoms. The highest BCUT2D eigenvalue weighted by atomic mass is 79.9. The van der Waals surface area contributed by atoms with Crippen LogP contribution in [0.1, 0.15) is 44.6 Å². The molecule has 2 aliphatic rings. The minimum atomic E-state index is 0.348. The Hall–Kier alpha value is -0.0900. The summed E-state index contributed by atoms with van der Waals surface area (Å²) in [5.41, 5.74) is 1.60. The molecular weight excluding hydrogens is 348 g/mol. The SMILES string of the molecule is CC1CN(Cc2ccc(Br)cc2Cl)C2(CCCCC2)CN1. The zero-order valence-corrected chi connectivity index (χ0v) is 15.0. The summed E-state index contributed by atoms with van der Waals surface area (Å²) >= 11 is 9.93. The van der Waals surface area contributed by atoms with Crippen LogP contribution in [0.3, 0.4) is 0 Å². The highest BCUT2D eigenvalue weighted by Crippen LogP contribution is 2.37. The fourth-order valence-corrected chi connectivity index (χ4v) is 4.59. The van der Waals surface area contributed by atoms with E-state index in [9.17, 15) is 0 Å². The number of nitrogens with one attached hydrogen (secondary N) is 1. The van der Waals surface area contributed by atoms with Gasteiger partial charge in [-0.05, 0) is 37.5 Å². The normalized spacial score (nSPS) is 26.1. The Morgan fingerprint density at radius 3 is 2.81 bits per heavy atom. The molecule has 0 radical (unpaired) electrons. The monoisotopic (exact) mass is 370 g/mol. The van der Waals surface area contributed by atoms with Crippen molar-refractivity contribution in [3.8, 4) is 0 Å². The van der Waals surface area contributed by atoms with Crippen molar-refractivity contribution in [3.05, 3.63) is 33.3 Å². The van der Waals surface area contributed by atoms with E-state index >= 15 is 0 Å². The van der Waals surface area contributed by atoms with Gasteiger partial charge in [0, 0.05) is 40.7 Å². The molecule has 1 unspecified atom stereocenters. The molecule has 1 aliphatic carbocycles. The average molecular weight is 372 g/mol. The first-order valence-corrected chi connectivity index (χ1v) is 9.19. The van der Waals surface area contributed by atoms with E-state index in [4.69, 9.17) is 11.6 Å². The Balaban J connectivity index is 1.82. The van der Waals surface area contributed by atoms with Crippen LogP contribution in [0.15, 0.2) is 22.7 Å². The van der Waals surface area contributed by atoms with Crippen LogP contribution in [-0.4, -0.2) is 29.6 Å². The van der Waals surface area contributed by atoms with E-state index in [0.717, 1.165) is 29.1 Å². The summed E-state index contributed by atoms with van der Waals surface area (Å²) in [6, 6.07) is 6.83. The van der Waals surface area contributed by atoms with Gasteiger partial charge in [0.05, 0.1) is 0 Å². The van der Waals surface area contributed by atoms with Gasteiger partial charge in [-0.2, -0.15) is 0 Å². The highest BCUT2D eigenvalue weighted by Gasteiger charge is 2.41.